The maximum Gasteiger partial charge on any atom is 0.316 e. The van der Waals surface area contributed by atoms with Crippen LogP contribution in [-0.2, 0) is 14.3 Å². The van der Waals surface area contributed by atoms with Gasteiger partial charge in [-0.2, -0.15) is 0 Å². The van der Waals surface area contributed by atoms with E-state index in [0.717, 1.165) is 10.5 Å². The number of aryl methyl sites for hydroxylation is 2. The molecule has 0 radical (unpaired) electrons. The molecule has 5 heteroatoms. The van der Waals surface area contributed by atoms with Gasteiger partial charge in [0.05, 0.1) is 5.75 Å². The summed E-state index contributed by atoms with van der Waals surface area (Å²) in [6.07, 6.45) is 2.35. The van der Waals surface area contributed by atoms with Crippen molar-refractivity contribution >= 4 is 23.6 Å². The molecule has 0 spiro atoms. The Hall–Kier alpha value is -1.49. The first kappa shape index (κ1) is 16.9. The van der Waals surface area contributed by atoms with E-state index in [0.29, 0.717) is 5.92 Å². The van der Waals surface area contributed by atoms with Gasteiger partial charge >= 0.3 is 5.97 Å². The summed E-state index contributed by atoms with van der Waals surface area (Å²) in [5.74, 6) is 0.234. The van der Waals surface area contributed by atoms with Crippen molar-refractivity contribution in [3.05, 3.63) is 29.3 Å². The quantitative estimate of drug-likeness (QED) is 0.620. The molecule has 2 rings (SSSR count). The molecule has 1 fully saturated rings. The highest BCUT2D eigenvalue weighted by atomic mass is 32.2. The van der Waals surface area contributed by atoms with Gasteiger partial charge in [-0.25, -0.2) is 0 Å². The lowest BCUT2D eigenvalue weighted by Crippen LogP contribution is -2.37. The van der Waals surface area contributed by atoms with Gasteiger partial charge in [-0.1, -0.05) is 17.7 Å². The van der Waals surface area contributed by atoms with Crippen molar-refractivity contribution in [2.75, 3.05) is 12.4 Å². The van der Waals surface area contributed by atoms with Crippen LogP contribution in [0.3, 0.4) is 0 Å². The maximum atomic E-state index is 11.7. The van der Waals surface area contributed by atoms with Crippen molar-refractivity contribution in [3.63, 3.8) is 0 Å². The summed E-state index contributed by atoms with van der Waals surface area (Å²) in [7, 11) is 0. The van der Waals surface area contributed by atoms with Crippen molar-refractivity contribution in [2.45, 2.75) is 44.6 Å². The van der Waals surface area contributed by atoms with Crippen molar-refractivity contribution in [2.24, 2.45) is 5.92 Å². The number of ether oxygens (including phenoxy) is 1. The molecule has 120 valence electrons. The van der Waals surface area contributed by atoms with E-state index in [4.69, 9.17) is 4.74 Å². The molecule has 1 aromatic rings. The Bertz CT molecular complexity index is 555. The van der Waals surface area contributed by atoms with Crippen LogP contribution in [0.4, 0.5) is 0 Å². The molecule has 1 N–H and O–H groups in total. The monoisotopic (exact) mass is 321 g/mol. The molecule has 0 aromatic heterocycles. The highest BCUT2D eigenvalue weighted by molar-refractivity contribution is 8.00. The Morgan fingerprint density at radius 2 is 2.09 bits per heavy atom. The molecule has 0 bridgehead atoms. The molecule has 22 heavy (non-hydrogen) atoms. The normalized spacial score (nSPS) is 15.2. The third-order valence-electron chi connectivity index (χ3n) is 3.76. The molecule has 1 amide bonds. The second kappa shape index (κ2) is 7.68. The minimum atomic E-state index is -0.362. The van der Waals surface area contributed by atoms with E-state index in [1.54, 1.807) is 0 Å². The van der Waals surface area contributed by atoms with Crippen molar-refractivity contribution in [1.29, 1.82) is 0 Å². The highest BCUT2D eigenvalue weighted by Gasteiger charge is 2.28. The number of hydrogen-bond acceptors (Lipinski definition) is 4. The van der Waals surface area contributed by atoms with Gasteiger partial charge in [0.25, 0.3) is 5.91 Å². The lowest BCUT2D eigenvalue weighted by Gasteiger charge is -2.12. The maximum absolute atomic E-state index is 11.7. The van der Waals surface area contributed by atoms with Gasteiger partial charge in [-0.3, -0.25) is 9.59 Å². The largest absolute Gasteiger partial charge is 0.455 e. The highest BCUT2D eigenvalue weighted by Crippen LogP contribution is 2.32. The molecule has 4 nitrogen and oxygen atoms in total. The second-order valence-electron chi connectivity index (χ2n) is 5.91. The molecule has 0 saturated heterocycles. The molecule has 1 atom stereocenters. The van der Waals surface area contributed by atoms with Gasteiger partial charge in [0, 0.05) is 10.9 Å². The van der Waals surface area contributed by atoms with Crippen LogP contribution in [0.2, 0.25) is 0 Å². The summed E-state index contributed by atoms with van der Waals surface area (Å²) < 4.78 is 5.02. The van der Waals surface area contributed by atoms with Crippen LogP contribution in [0.25, 0.3) is 0 Å². The Balaban J connectivity index is 1.67. The zero-order chi connectivity index (χ0) is 16.1. The topological polar surface area (TPSA) is 55.4 Å². The van der Waals surface area contributed by atoms with Crippen LogP contribution in [0.1, 0.15) is 30.9 Å². The number of amides is 1. The molecule has 0 aliphatic heterocycles. The number of benzene rings is 1. The van der Waals surface area contributed by atoms with Crippen LogP contribution in [0.15, 0.2) is 23.1 Å². The zero-order valence-corrected chi connectivity index (χ0v) is 14.2. The van der Waals surface area contributed by atoms with Crippen molar-refractivity contribution in [1.82, 2.24) is 5.32 Å². The number of hydrogen-bond donors (Lipinski definition) is 1. The summed E-state index contributed by atoms with van der Waals surface area (Å²) in [5, 5.41) is 2.86. The van der Waals surface area contributed by atoms with Crippen molar-refractivity contribution in [3.8, 4) is 0 Å². The summed E-state index contributed by atoms with van der Waals surface area (Å²) in [6, 6.07) is 6.29. The smallest absolute Gasteiger partial charge is 0.316 e. The van der Waals surface area contributed by atoms with Crippen LogP contribution < -0.4 is 5.32 Å². The summed E-state index contributed by atoms with van der Waals surface area (Å²) in [6.45, 7) is 5.86. The molecule has 1 aromatic carbocycles. The van der Waals surface area contributed by atoms with E-state index in [9.17, 15) is 9.59 Å². The van der Waals surface area contributed by atoms with Gasteiger partial charge in [0.1, 0.15) is 0 Å². The Labute approximate surface area is 136 Å². The third-order valence-corrected chi connectivity index (χ3v) is 4.91. The average Bonchev–Trinajstić information content (AvgIpc) is 3.28. The van der Waals surface area contributed by atoms with Crippen LogP contribution in [0, 0.1) is 19.8 Å². The number of nitrogens with one attached hydrogen (secondary N) is 1. The fraction of sp³-hybridized carbons (Fsp3) is 0.529. The SMILES string of the molecule is Cc1ccc(SCC(=O)OCC(=O)N[C@@H](C)C2CC2)c(C)c1. The van der Waals surface area contributed by atoms with E-state index in [-0.39, 0.29) is 30.3 Å². The first-order valence-corrected chi connectivity index (χ1v) is 8.59. The van der Waals surface area contributed by atoms with E-state index in [2.05, 4.69) is 11.4 Å². The number of carbonyl (C=O) groups excluding carboxylic acids is 2. The second-order valence-corrected chi connectivity index (χ2v) is 6.93. The lowest BCUT2D eigenvalue weighted by molar-refractivity contribution is -0.146. The van der Waals surface area contributed by atoms with E-state index < -0.39 is 0 Å². The van der Waals surface area contributed by atoms with E-state index >= 15 is 0 Å². The van der Waals surface area contributed by atoms with Gasteiger partial charge in [0.15, 0.2) is 6.61 Å². The number of esters is 1. The van der Waals surface area contributed by atoms with Gasteiger partial charge in [-0.15, -0.1) is 11.8 Å². The fourth-order valence-electron chi connectivity index (χ4n) is 2.30. The summed E-state index contributed by atoms with van der Waals surface area (Å²) >= 11 is 1.44. The van der Waals surface area contributed by atoms with Crippen LogP contribution in [-0.4, -0.2) is 30.3 Å². The number of rotatable bonds is 7. The average molecular weight is 321 g/mol. The molecule has 1 aliphatic rings. The van der Waals surface area contributed by atoms with E-state index in [1.165, 1.54) is 30.2 Å². The van der Waals surface area contributed by atoms with Crippen molar-refractivity contribution < 1.29 is 14.3 Å². The fourth-order valence-corrected chi connectivity index (χ4v) is 3.10. The standard InChI is InChI=1S/C17H23NO3S/c1-11-4-7-15(12(2)8-11)22-10-17(20)21-9-16(19)18-13(3)14-5-6-14/h4,7-8,13-14H,5-6,9-10H2,1-3H3,(H,18,19)/t13-/m0/s1. The van der Waals surface area contributed by atoms with E-state index in [1.807, 2.05) is 32.9 Å². The van der Waals surface area contributed by atoms with Crippen LogP contribution in [0.5, 0.6) is 0 Å². The molecule has 0 heterocycles. The molecule has 0 unspecified atom stereocenters. The predicted octanol–water partition coefficient (Wildman–Crippen LogP) is 2.85. The van der Waals surface area contributed by atoms with Gasteiger partial charge in [0.2, 0.25) is 0 Å². The first-order chi connectivity index (χ1) is 10.5. The minimum absolute atomic E-state index is 0.177. The van der Waals surface area contributed by atoms with Crippen LogP contribution >= 0.6 is 11.8 Å². The van der Waals surface area contributed by atoms with Gasteiger partial charge in [-0.05, 0) is 51.2 Å². The molecule has 1 saturated carbocycles. The predicted molar refractivity (Wildman–Crippen MR) is 87.9 cm³/mol. The minimum Gasteiger partial charge on any atom is -0.455 e. The Morgan fingerprint density at radius 1 is 1.36 bits per heavy atom. The third kappa shape index (κ3) is 5.37. The first-order valence-electron chi connectivity index (χ1n) is 7.60. The molecular weight excluding hydrogens is 298 g/mol. The number of carbonyl (C=O) groups is 2. The summed E-state index contributed by atoms with van der Waals surface area (Å²) in [5.41, 5.74) is 2.35. The van der Waals surface area contributed by atoms with Gasteiger partial charge < -0.3 is 10.1 Å². The Morgan fingerprint density at radius 3 is 2.73 bits per heavy atom. The summed E-state index contributed by atoms with van der Waals surface area (Å²) in [4.78, 5) is 24.4. The molecule has 1 aliphatic carbocycles. The Kier molecular flexibility index (Phi) is 5.89. The molecular formula is C17H23NO3S. The zero-order valence-electron chi connectivity index (χ0n) is 13.3. The lowest BCUT2D eigenvalue weighted by atomic mass is 10.2. The number of thioether (sulfide) groups is 1.